The minimum atomic E-state index is -2.92. The van der Waals surface area contributed by atoms with E-state index in [9.17, 15) is 0 Å². The summed E-state index contributed by atoms with van der Waals surface area (Å²) >= 11 is 0. The molecule has 0 spiro atoms. The first-order valence-corrected chi connectivity index (χ1v) is 19.0. The summed E-state index contributed by atoms with van der Waals surface area (Å²) in [6, 6.07) is 40.9. The summed E-state index contributed by atoms with van der Waals surface area (Å²) in [6.07, 6.45) is 0. The van der Waals surface area contributed by atoms with Crippen molar-refractivity contribution in [3.8, 4) is 0 Å². The van der Waals surface area contributed by atoms with Crippen molar-refractivity contribution >= 4 is 37.4 Å². The molecule has 0 N–H and O–H groups in total. The third-order valence-corrected chi connectivity index (χ3v) is 19.2. The molecule has 2 unspecified atom stereocenters. The van der Waals surface area contributed by atoms with E-state index in [0.29, 0.717) is 0 Å². The van der Waals surface area contributed by atoms with E-state index in [-0.39, 0.29) is 23.3 Å². The molecule has 0 amide bonds. The molecule has 0 heterocycles. The van der Waals surface area contributed by atoms with Gasteiger partial charge in [-0.25, -0.2) is 8.78 Å². The minimum Gasteiger partial charge on any atom is -0.407 e. The molecule has 5 rings (SSSR count). The Morgan fingerprint density at radius 1 is 0.488 bits per heavy atom. The maximum absolute atomic E-state index is 15.7. The average molecular weight is 615 g/mol. The van der Waals surface area contributed by atoms with Crippen molar-refractivity contribution in [1.82, 2.24) is 0 Å². The van der Waals surface area contributed by atoms with E-state index in [1.807, 2.05) is 72.8 Å². The summed E-state index contributed by atoms with van der Waals surface area (Å²) in [5, 5.41) is 3.83. The number of halogens is 2. The molecular weight excluding hydrogens is 571 g/mol. The number of hydrogen-bond acceptors (Lipinski definition) is 2. The lowest BCUT2D eigenvalue weighted by molar-refractivity contribution is 0.0661. The van der Waals surface area contributed by atoms with Gasteiger partial charge < -0.3 is 8.85 Å². The maximum Gasteiger partial charge on any atom is 0.261 e. The first kappa shape index (κ1) is 31.5. The molecule has 6 heteroatoms. The van der Waals surface area contributed by atoms with Crippen molar-refractivity contribution in [3.63, 3.8) is 0 Å². The molecule has 1 saturated carbocycles. The van der Waals surface area contributed by atoms with Gasteiger partial charge in [0, 0.05) is 13.2 Å². The van der Waals surface area contributed by atoms with Crippen LogP contribution in [0.3, 0.4) is 0 Å². The molecule has 1 aliphatic rings. The SMILES string of the molecule is CC(C)(C)[Si](OCC1C(CO[Si](c2ccccc2)(c2ccccc2)C(C)(C)C)C1(F)F)(c1ccccc1)c1ccccc1. The van der Waals surface area contributed by atoms with Gasteiger partial charge >= 0.3 is 0 Å². The van der Waals surface area contributed by atoms with Crippen molar-refractivity contribution in [3.05, 3.63) is 121 Å². The van der Waals surface area contributed by atoms with Gasteiger partial charge in [-0.05, 0) is 30.8 Å². The highest BCUT2D eigenvalue weighted by Crippen LogP contribution is 2.56. The zero-order chi connectivity index (χ0) is 30.9. The van der Waals surface area contributed by atoms with Gasteiger partial charge in [-0.2, -0.15) is 0 Å². The van der Waals surface area contributed by atoms with E-state index in [1.165, 1.54) is 0 Å². The van der Waals surface area contributed by atoms with Crippen LogP contribution in [-0.4, -0.2) is 35.8 Å². The fourth-order valence-corrected chi connectivity index (χ4v) is 16.0. The Bertz CT molecular complexity index is 1280. The Morgan fingerprint density at radius 2 is 0.721 bits per heavy atom. The Balaban J connectivity index is 1.46. The van der Waals surface area contributed by atoms with Gasteiger partial charge in [0.15, 0.2) is 0 Å². The van der Waals surface area contributed by atoms with Gasteiger partial charge in [0.1, 0.15) is 0 Å². The average Bonchev–Trinajstić information content (AvgIpc) is 3.52. The second-order valence-corrected chi connectivity index (χ2v) is 22.4. The highest BCUT2D eigenvalue weighted by atomic mass is 28.4. The van der Waals surface area contributed by atoms with Crippen LogP contribution in [0.1, 0.15) is 41.5 Å². The second-order valence-electron chi connectivity index (χ2n) is 13.8. The highest BCUT2D eigenvalue weighted by Gasteiger charge is 2.69. The van der Waals surface area contributed by atoms with Crippen LogP contribution in [0.4, 0.5) is 8.78 Å². The lowest BCUT2D eigenvalue weighted by atomic mass is 10.2. The van der Waals surface area contributed by atoms with Crippen LogP contribution in [-0.2, 0) is 8.85 Å². The van der Waals surface area contributed by atoms with Gasteiger partial charge in [-0.3, -0.25) is 0 Å². The van der Waals surface area contributed by atoms with Gasteiger partial charge in [0.25, 0.3) is 22.6 Å². The lowest BCUT2D eigenvalue weighted by Gasteiger charge is -2.43. The van der Waals surface area contributed by atoms with Gasteiger partial charge in [-0.1, -0.05) is 163 Å². The second kappa shape index (κ2) is 11.9. The summed E-state index contributed by atoms with van der Waals surface area (Å²) in [6.45, 7) is 13.0. The minimum absolute atomic E-state index is 0.00491. The third kappa shape index (κ3) is 5.71. The van der Waals surface area contributed by atoms with E-state index in [1.54, 1.807) is 0 Å². The van der Waals surface area contributed by atoms with Crippen LogP contribution >= 0.6 is 0 Å². The molecule has 0 aliphatic heterocycles. The topological polar surface area (TPSA) is 18.5 Å². The number of rotatable bonds is 10. The molecule has 0 aromatic heterocycles. The van der Waals surface area contributed by atoms with E-state index < -0.39 is 34.4 Å². The van der Waals surface area contributed by atoms with Gasteiger partial charge in [0.05, 0.1) is 11.8 Å². The summed E-state index contributed by atoms with van der Waals surface area (Å²) < 4.78 is 45.2. The molecule has 0 bridgehead atoms. The van der Waals surface area contributed by atoms with Gasteiger partial charge in [0.2, 0.25) is 0 Å². The standard InChI is InChI=1S/C37H44F2O2Si2/c1-35(2,3)42(29-19-11-7-12-20-29,30-21-13-8-14-22-30)40-27-33-34(37(33,38)39)28-41-43(36(4,5)6,31-23-15-9-16-24-31)32-25-17-10-18-26-32/h7-26,33-34H,27-28H2,1-6H3. The van der Waals surface area contributed by atoms with Crippen LogP contribution in [0.2, 0.25) is 10.1 Å². The highest BCUT2D eigenvalue weighted by molar-refractivity contribution is 7.00. The fourth-order valence-electron chi connectivity index (χ4n) is 6.87. The van der Waals surface area contributed by atoms with Crippen LogP contribution < -0.4 is 20.7 Å². The quantitative estimate of drug-likeness (QED) is 0.179. The molecule has 1 fully saturated rings. The van der Waals surface area contributed by atoms with Crippen molar-refractivity contribution in [1.29, 1.82) is 0 Å². The van der Waals surface area contributed by atoms with Crippen LogP contribution in [0.15, 0.2) is 121 Å². The Kier molecular flexibility index (Phi) is 8.71. The van der Waals surface area contributed by atoms with E-state index >= 15 is 8.78 Å². The Labute approximate surface area is 258 Å². The number of alkyl halides is 2. The molecule has 1 aliphatic carbocycles. The molecule has 43 heavy (non-hydrogen) atoms. The smallest absolute Gasteiger partial charge is 0.261 e. The monoisotopic (exact) mass is 614 g/mol. The molecular formula is C37H44F2O2Si2. The zero-order valence-corrected chi connectivity index (χ0v) is 28.2. The van der Waals surface area contributed by atoms with Crippen LogP contribution in [0.5, 0.6) is 0 Å². The normalized spacial score (nSPS) is 18.8. The van der Waals surface area contributed by atoms with Crippen LogP contribution in [0.25, 0.3) is 0 Å². The van der Waals surface area contributed by atoms with E-state index in [4.69, 9.17) is 8.85 Å². The molecule has 4 aromatic rings. The van der Waals surface area contributed by atoms with Crippen molar-refractivity contribution in [2.24, 2.45) is 11.8 Å². The van der Waals surface area contributed by atoms with Crippen LogP contribution in [0, 0.1) is 11.8 Å². The zero-order valence-electron chi connectivity index (χ0n) is 26.2. The molecule has 2 nitrogen and oxygen atoms in total. The van der Waals surface area contributed by atoms with Gasteiger partial charge in [-0.15, -0.1) is 0 Å². The van der Waals surface area contributed by atoms with Crippen molar-refractivity contribution in [2.75, 3.05) is 13.2 Å². The summed E-state index contributed by atoms with van der Waals surface area (Å²) in [7, 11) is -5.85. The van der Waals surface area contributed by atoms with E-state index in [0.717, 1.165) is 20.7 Å². The van der Waals surface area contributed by atoms with E-state index in [2.05, 4.69) is 90.1 Å². The molecule has 0 radical (unpaired) electrons. The largest absolute Gasteiger partial charge is 0.407 e. The summed E-state index contributed by atoms with van der Waals surface area (Å²) in [5.41, 5.74) is 0. The maximum atomic E-state index is 15.7. The fraction of sp³-hybridized carbons (Fsp3) is 0.351. The number of hydrogen-bond donors (Lipinski definition) is 0. The molecule has 226 valence electrons. The predicted molar refractivity (Wildman–Crippen MR) is 179 cm³/mol. The van der Waals surface area contributed by atoms with Crippen molar-refractivity contribution in [2.45, 2.75) is 57.5 Å². The first-order valence-electron chi connectivity index (χ1n) is 15.2. The third-order valence-electron chi connectivity index (χ3n) is 9.16. The molecule has 4 aromatic carbocycles. The predicted octanol–water partition coefficient (Wildman–Crippen LogP) is 7.02. The summed E-state index contributed by atoms with van der Waals surface area (Å²) in [4.78, 5) is 0. The molecule has 2 atom stereocenters. The Hall–Kier alpha value is -2.91. The Morgan fingerprint density at radius 3 is 0.930 bits per heavy atom. The number of benzene rings is 4. The first-order chi connectivity index (χ1) is 20.4. The lowest BCUT2D eigenvalue weighted by Crippen LogP contribution is -2.67. The van der Waals surface area contributed by atoms with Crippen molar-refractivity contribution < 1.29 is 17.6 Å². The molecule has 0 saturated heterocycles. The summed E-state index contributed by atoms with van der Waals surface area (Å²) in [5.74, 6) is -4.64.